The molecule has 2 N–H and O–H groups in total. The molecule has 0 aliphatic heterocycles. The van der Waals surface area contributed by atoms with Crippen molar-refractivity contribution in [1.82, 2.24) is 9.71 Å². The number of hydrogen-bond donors (Lipinski definition) is 2. The first-order valence-electron chi connectivity index (χ1n) is 9.23. The highest BCUT2D eigenvalue weighted by atomic mass is 32.2. The molecule has 3 aromatic carbocycles. The second kappa shape index (κ2) is 7.15. The van der Waals surface area contributed by atoms with Crippen LogP contribution in [0.4, 0.5) is 0 Å². The fraction of sp³-hybridized carbons (Fsp3) is 0.0435. The van der Waals surface area contributed by atoms with Crippen LogP contribution in [0.25, 0.3) is 21.7 Å². The Bertz CT molecular complexity index is 1400. The van der Waals surface area contributed by atoms with E-state index in [1.807, 2.05) is 78.3 Å². The second-order valence-corrected chi connectivity index (χ2v) is 9.50. The molecule has 0 amide bonds. The number of hydrogen-bond acceptors (Lipinski definition) is 3. The van der Waals surface area contributed by atoms with Gasteiger partial charge in [-0.2, -0.15) is 4.72 Å². The van der Waals surface area contributed by atoms with Crippen LogP contribution in [0.5, 0.6) is 0 Å². The summed E-state index contributed by atoms with van der Waals surface area (Å²) >= 11 is 1.54. The molecule has 0 aliphatic carbocycles. The molecular formula is C23H18N2O2S2. The maximum absolute atomic E-state index is 13.5. The van der Waals surface area contributed by atoms with Gasteiger partial charge in [-0.05, 0) is 29.0 Å². The lowest BCUT2D eigenvalue weighted by Crippen LogP contribution is -2.29. The fourth-order valence-corrected chi connectivity index (χ4v) is 6.00. The predicted molar refractivity (Wildman–Crippen MR) is 119 cm³/mol. The lowest BCUT2D eigenvalue weighted by Gasteiger charge is -2.18. The summed E-state index contributed by atoms with van der Waals surface area (Å²) in [5, 5.41) is 4.58. The van der Waals surface area contributed by atoms with Gasteiger partial charge in [-0.3, -0.25) is 0 Å². The summed E-state index contributed by atoms with van der Waals surface area (Å²) in [6.45, 7) is 0. The van der Waals surface area contributed by atoms with Gasteiger partial charge in [0.25, 0.3) is 0 Å². The lowest BCUT2D eigenvalue weighted by molar-refractivity contribution is 0.574. The molecule has 0 saturated carbocycles. The van der Waals surface area contributed by atoms with Crippen LogP contribution in [0.3, 0.4) is 0 Å². The van der Waals surface area contributed by atoms with Gasteiger partial charge in [0.2, 0.25) is 10.0 Å². The SMILES string of the molecule is O=S(=O)(N[C@@H](c1cccs1)c1c[nH]c2ccccc12)c1cccc2ccccc12. The van der Waals surface area contributed by atoms with Crippen LogP contribution in [-0.2, 0) is 10.0 Å². The average molecular weight is 419 g/mol. The van der Waals surface area contributed by atoms with Crippen LogP contribution in [0, 0.1) is 0 Å². The maximum Gasteiger partial charge on any atom is 0.242 e. The normalized spacial score (nSPS) is 13.1. The van der Waals surface area contributed by atoms with Crippen molar-refractivity contribution in [2.75, 3.05) is 0 Å². The molecule has 29 heavy (non-hydrogen) atoms. The molecule has 0 bridgehead atoms. The first kappa shape index (κ1) is 18.1. The number of nitrogens with one attached hydrogen (secondary N) is 2. The van der Waals surface area contributed by atoms with E-state index in [4.69, 9.17) is 0 Å². The number of H-pyrrole nitrogens is 1. The number of rotatable bonds is 5. The van der Waals surface area contributed by atoms with E-state index >= 15 is 0 Å². The standard InChI is InChI=1S/C23H18N2O2S2/c26-29(27,22-13-5-8-16-7-1-2-9-17(16)22)25-23(21-12-6-14-28-21)19-15-24-20-11-4-3-10-18(19)20/h1-15,23-25H/t23-/m1/s1. The Hall–Kier alpha value is -2.93. The number of sulfonamides is 1. The van der Waals surface area contributed by atoms with E-state index in [1.54, 1.807) is 12.1 Å². The van der Waals surface area contributed by atoms with Gasteiger partial charge in [-0.1, -0.05) is 60.7 Å². The van der Waals surface area contributed by atoms with E-state index in [0.717, 1.165) is 26.7 Å². The third kappa shape index (κ3) is 3.25. The van der Waals surface area contributed by atoms with Crippen LogP contribution >= 0.6 is 11.3 Å². The maximum atomic E-state index is 13.5. The van der Waals surface area contributed by atoms with Crippen molar-refractivity contribution in [2.45, 2.75) is 10.9 Å². The summed E-state index contributed by atoms with van der Waals surface area (Å²) in [4.78, 5) is 4.49. The summed E-state index contributed by atoms with van der Waals surface area (Å²) < 4.78 is 29.9. The minimum atomic E-state index is -3.76. The molecule has 0 saturated heterocycles. The number of fused-ring (bicyclic) bond motifs is 2. The van der Waals surface area contributed by atoms with Gasteiger partial charge in [0, 0.05) is 32.9 Å². The van der Waals surface area contributed by atoms with Crippen LogP contribution in [0.15, 0.2) is 95.3 Å². The van der Waals surface area contributed by atoms with Crippen LogP contribution in [0.1, 0.15) is 16.5 Å². The second-order valence-electron chi connectivity index (χ2n) is 6.84. The van der Waals surface area contributed by atoms with Gasteiger partial charge in [0.1, 0.15) is 0 Å². The van der Waals surface area contributed by atoms with Crippen LogP contribution < -0.4 is 4.72 Å². The van der Waals surface area contributed by atoms with Crippen molar-refractivity contribution in [3.63, 3.8) is 0 Å². The van der Waals surface area contributed by atoms with Crippen molar-refractivity contribution in [3.05, 3.63) is 101 Å². The van der Waals surface area contributed by atoms with Crippen molar-refractivity contribution in [2.24, 2.45) is 0 Å². The first-order chi connectivity index (χ1) is 14.1. The molecule has 0 radical (unpaired) electrons. The van der Waals surface area contributed by atoms with Gasteiger partial charge in [-0.15, -0.1) is 11.3 Å². The van der Waals surface area contributed by atoms with Gasteiger partial charge < -0.3 is 4.98 Å². The zero-order chi connectivity index (χ0) is 19.8. The van der Waals surface area contributed by atoms with Gasteiger partial charge >= 0.3 is 0 Å². The molecular weight excluding hydrogens is 400 g/mol. The van der Waals surface area contributed by atoms with Crippen LogP contribution in [0.2, 0.25) is 0 Å². The largest absolute Gasteiger partial charge is 0.361 e. The number of aromatic amines is 1. The molecule has 2 aromatic heterocycles. The smallest absolute Gasteiger partial charge is 0.242 e. The van der Waals surface area contributed by atoms with Crippen molar-refractivity contribution >= 4 is 43.0 Å². The summed E-state index contributed by atoms with van der Waals surface area (Å²) in [7, 11) is -3.76. The number of para-hydroxylation sites is 1. The molecule has 0 fully saturated rings. The highest BCUT2D eigenvalue weighted by Gasteiger charge is 2.26. The average Bonchev–Trinajstić information content (AvgIpc) is 3.42. The molecule has 6 heteroatoms. The quantitative estimate of drug-likeness (QED) is 0.399. The summed E-state index contributed by atoms with van der Waals surface area (Å²) in [5.74, 6) is 0. The molecule has 4 nitrogen and oxygen atoms in total. The van der Waals surface area contributed by atoms with Crippen molar-refractivity contribution < 1.29 is 8.42 Å². The highest BCUT2D eigenvalue weighted by Crippen LogP contribution is 2.33. The monoisotopic (exact) mass is 418 g/mol. The Morgan fingerprint density at radius 2 is 1.59 bits per heavy atom. The number of thiophene rings is 1. The Balaban J connectivity index is 1.64. The summed E-state index contributed by atoms with van der Waals surface area (Å²) in [5.41, 5.74) is 1.89. The van der Waals surface area contributed by atoms with Crippen molar-refractivity contribution in [1.29, 1.82) is 0 Å². The van der Waals surface area contributed by atoms with E-state index in [9.17, 15) is 8.42 Å². The first-order valence-corrected chi connectivity index (χ1v) is 11.6. The van der Waals surface area contributed by atoms with Gasteiger partial charge in [0.05, 0.1) is 10.9 Å². The van der Waals surface area contributed by atoms with Crippen LogP contribution in [-0.4, -0.2) is 13.4 Å². The predicted octanol–water partition coefficient (Wildman–Crippen LogP) is 5.45. The summed E-state index contributed by atoms with van der Waals surface area (Å²) in [6.07, 6.45) is 1.89. The zero-order valence-electron chi connectivity index (χ0n) is 15.4. The Morgan fingerprint density at radius 1 is 0.828 bits per heavy atom. The Morgan fingerprint density at radius 3 is 2.41 bits per heavy atom. The van der Waals surface area contributed by atoms with E-state index in [-0.39, 0.29) is 4.90 Å². The Kier molecular flexibility index (Phi) is 4.47. The molecule has 0 aliphatic rings. The minimum absolute atomic E-state index is 0.289. The fourth-order valence-electron chi connectivity index (χ4n) is 3.71. The van der Waals surface area contributed by atoms with Crippen molar-refractivity contribution in [3.8, 4) is 0 Å². The molecule has 0 spiro atoms. The molecule has 144 valence electrons. The molecule has 0 unspecified atom stereocenters. The topological polar surface area (TPSA) is 62.0 Å². The number of aromatic nitrogens is 1. The number of benzene rings is 3. The summed E-state index contributed by atoms with van der Waals surface area (Å²) in [6, 6.07) is 24.2. The lowest BCUT2D eigenvalue weighted by atomic mass is 10.1. The van der Waals surface area contributed by atoms with E-state index in [1.165, 1.54) is 11.3 Å². The van der Waals surface area contributed by atoms with E-state index < -0.39 is 16.1 Å². The molecule has 5 rings (SSSR count). The highest BCUT2D eigenvalue weighted by molar-refractivity contribution is 7.89. The Labute approximate surface area is 172 Å². The van der Waals surface area contributed by atoms with E-state index in [2.05, 4.69) is 9.71 Å². The van der Waals surface area contributed by atoms with Gasteiger partial charge in [0.15, 0.2) is 0 Å². The third-order valence-electron chi connectivity index (χ3n) is 5.07. The zero-order valence-corrected chi connectivity index (χ0v) is 17.0. The minimum Gasteiger partial charge on any atom is -0.361 e. The molecule has 1 atom stereocenters. The molecule has 2 heterocycles. The van der Waals surface area contributed by atoms with E-state index in [0.29, 0.717) is 5.39 Å². The van der Waals surface area contributed by atoms with Gasteiger partial charge in [-0.25, -0.2) is 8.42 Å². The third-order valence-corrected chi connectivity index (χ3v) is 7.49. The molecule has 5 aromatic rings.